The fraction of sp³-hybridized carbons (Fsp3) is 0.667. The molecule has 0 amide bonds. The third kappa shape index (κ3) is 6.96. The second kappa shape index (κ2) is 8.28. The van der Waals surface area contributed by atoms with E-state index in [4.69, 9.17) is 4.84 Å². The molecule has 0 N–H and O–H groups in total. The zero-order chi connectivity index (χ0) is 11.7. The van der Waals surface area contributed by atoms with Crippen molar-refractivity contribution in [1.82, 2.24) is 5.06 Å². The van der Waals surface area contributed by atoms with Crippen LogP contribution in [0, 0.1) is 0 Å². The average Bonchev–Trinajstić information content (AvgIpc) is 2.18. The fourth-order valence-electron chi connectivity index (χ4n) is 1.12. The van der Waals surface area contributed by atoms with Gasteiger partial charge in [-0.2, -0.15) is 13.2 Å². The maximum absolute atomic E-state index is 9.67. The molecule has 1 unspecified atom stereocenters. The molecule has 0 aromatic carbocycles. The maximum atomic E-state index is 9.67. The van der Waals surface area contributed by atoms with Gasteiger partial charge in [-0.15, -0.1) is 0 Å². The van der Waals surface area contributed by atoms with Crippen LogP contribution in [0.15, 0.2) is 17.4 Å². The van der Waals surface area contributed by atoms with Crippen LogP contribution in [0.5, 0.6) is 0 Å². The first-order valence-electron chi connectivity index (χ1n) is 4.56. The molecular formula is C9H15F3N2O. The molecule has 1 rings (SSSR count). The number of aliphatic imine (C=N–C) groups is 1. The maximum Gasteiger partial charge on any atom is 0.379 e. The standard InChI is InChI=1S/C8H14N2O.CHF3/c1-3-4-8-7-9-5-6-10(8)11-2;2-1(3)4/h5-8H,3-4H2,1-2H3;1H. The average molecular weight is 224 g/mol. The second-order valence-electron chi connectivity index (χ2n) is 2.74. The molecule has 88 valence electrons. The SMILES string of the molecule is CCCC1C=NC=CN1OC.FC(F)F. The first-order chi connectivity index (χ1) is 7.11. The Hall–Kier alpha value is -1.04. The number of hydrogen-bond acceptors (Lipinski definition) is 3. The molecule has 15 heavy (non-hydrogen) atoms. The minimum atomic E-state index is -3.67. The van der Waals surface area contributed by atoms with Crippen LogP contribution in [0.1, 0.15) is 19.8 Å². The Morgan fingerprint density at radius 1 is 1.47 bits per heavy atom. The molecule has 0 spiro atoms. The summed E-state index contributed by atoms with van der Waals surface area (Å²) < 4.78 is 29.0. The van der Waals surface area contributed by atoms with Gasteiger partial charge in [0.05, 0.1) is 13.2 Å². The van der Waals surface area contributed by atoms with Crippen LogP contribution in [-0.4, -0.2) is 31.1 Å². The molecule has 0 aliphatic carbocycles. The highest BCUT2D eigenvalue weighted by Gasteiger charge is 2.13. The van der Waals surface area contributed by atoms with Gasteiger partial charge in [-0.3, -0.25) is 14.9 Å². The molecule has 0 saturated carbocycles. The van der Waals surface area contributed by atoms with Gasteiger partial charge in [-0.25, -0.2) is 0 Å². The van der Waals surface area contributed by atoms with Gasteiger partial charge >= 0.3 is 6.68 Å². The topological polar surface area (TPSA) is 24.8 Å². The van der Waals surface area contributed by atoms with E-state index in [-0.39, 0.29) is 0 Å². The number of halogens is 3. The van der Waals surface area contributed by atoms with Crippen LogP contribution in [-0.2, 0) is 4.84 Å². The molecule has 1 atom stereocenters. The highest BCUT2D eigenvalue weighted by atomic mass is 19.4. The van der Waals surface area contributed by atoms with Crippen LogP contribution in [0.2, 0.25) is 0 Å². The van der Waals surface area contributed by atoms with E-state index in [1.54, 1.807) is 13.3 Å². The van der Waals surface area contributed by atoms with Gasteiger partial charge in [0.25, 0.3) is 0 Å². The Balaban J connectivity index is 0.000000423. The molecule has 6 heteroatoms. The Labute approximate surface area is 87.2 Å². The van der Waals surface area contributed by atoms with E-state index >= 15 is 0 Å². The van der Waals surface area contributed by atoms with Crippen LogP contribution < -0.4 is 0 Å². The molecule has 1 aliphatic rings. The van der Waals surface area contributed by atoms with Crippen molar-refractivity contribution < 1.29 is 18.0 Å². The van der Waals surface area contributed by atoms with Crippen molar-refractivity contribution in [2.75, 3.05) is 7.11 Å². The Morgan fingerprint density at radius 3 is 2.53 bits per heavy atom. The predicted octanol–water partition coefficient (Wildman–Crippen LogP) is 2.75. The zero-order valence-electron chi connectivity index (χ0n) is 8.74. The van der Waals surface area contributed by atoms with E-state index in [1.807, 2.05) is 17.5 Å². The van der Waals surface area contributed by atoms with Gasteiger partial charge in [0.1, 0.15) is 0 Å². The predicted molar refractivity (Wildman–Crippen MR) is 52.3 cm³/mol. The Morgan fingerprint density at radius 2 is 2.07 bits per heavy atom. The van der Waals surface area contributed by atoms with Gasteiger partial charge in [0, 0.05) is 18.6 Å². The van der Waals surface area contributed by atoms with E-state index in [2.05, 4.69) is 11.9 Å². The largest absolute Gasteiger partial charge is 0.379 e. The van der Waals surface area contributed by atoms with Crippen LogP contribution >= 0.6 is 0 Å². The van der Waals surface area contributed by atoms with E-state index in [1.165, 1.54) is 0 Å². The number of alkyl halides is 3. The summed E-state index contributed by atoms with van der Waals surface area (Å²) in [6.07, 6.45) is 7.72. The van der Waals surface area contributed by atoms with Crippen molar-refractivity contribution >= 4 is 6.21 Å². The summed E-state index contributed by atoms with van der Waals surface area (Å²) in [5.41, 5.74) is 0. The van der Waals surface area contributed by atoms with Crippen molar-refractivity contribution in [2.24, 2.45) is 4.99 Å². The van der Waals surface area contributed by atoms with Crippen molar-refractivity contribution in [3.05, 3.63) is 12.4 Å². The quantitative estimate of drug-likeness (QED) is 0.736. The summed E-state index contributed by atoms with van der Waals surface area (Å²) in [4.78, 5) is 9.16. The lowest BCUT2D eigenvalue weighted by atomic mass is 10.2. The molecule has 0 saturated heterocycles. The minimum Gasteiger partial charge on any atom is -0.277 e. The van der Waals surface area contributed by atoms with Crippen molar-refractivity contribution in [3.63, 3.8) is 0 Å². The third-order valence-electron chi connectivity index (χ3n) is 1.68. The summed E-state index contributed by atoms with van der Waals surface area (Å²) in [5.74, 6) is 0. The first-order valence-corrected chi connectivity index (χ1v) is 4.56. The summed E-state index contributed by atoms with van der Waals surface area (Å²) in [5, 5.41) is 1.82. The molecule has 0 radical (unpaired) electrons. The molecule has 1 heterocycles. The monoisotopic (exact) mass is 224 g/mol. The van der Waals surface area contributed by atoms with Crippen molar-refractivity contribution in [3.8, 4) is 0 Å². The van der Waals surface area contributed by atoms with Crippen LogP contribution in [0.3, 0.4) is 0 Å². The summed E-state index contributed by atoms with van der Waals surface area (Å²) in [7, 11) is 1.67. The lowest BCUT2D eigenvalue weighted by molar-refractivity contribution is -0.104. The van der Waals surface area contributed by atoms with Crippen molar-refractivity contribution in [2.45, 2.75) is 32.5 Å². The Kier molecular flexibility index (Phi) is 7.71. The normalized spacial score (nSPS) is 19.1. The van der Waals surface area contributed by atoms with Crippen LogP contribution in [0.25, 0.3) is 0 Å². The highest BCUT2D eigenvalue weighted by Crippen LogP contribution is 2.09. The molecule has 0 aromatic heterocycles. The molecule has 0 bridgehead atoms. The number of hydrogen-bond donors (Lipinski definition) is 0. The second-order valence-corrected chi connectivity index (χ2v) is 2.74. The highest BCUT2D eigenvalue weighted by molar-refractivity contribution is 5.66. The molecule has 3 nitrogen and oxygen atoms in total. The van der Waals surface area contributed by atoms with E-state index < -0.39 is 6.68 Å². The van der Waals surface area contributed by atoms with Gasteiger partial charge in [0.15, 0.2) is 0 Å². The lowest BCUT2D eigenvalue weighted by Crippen LogP contribution is -2.32. The van der Waals surface area contributed by atoms with Gasteiger partial charge in [0.2, 0.25) is 0 Å². The first kappa shape index (κ1) is 14.0. The number of nitrogens with zero attached hydrogens (tertiary/aromatic N) is 2. The Bertz CT molecular complexity index is 207. The van der Waals surface area contributed by atoms with E-state index in [0.717, 1.165) is 12.8 Å². The lowest BCUT2D eigenvalue weighted by Gasteiger charge is -2.26. The van der Waals surface area contributed by atoms with Gasteiger partial charge in [-0.1, -0.05) is 13.3 Å². The summed E-state index contributed by atoms with van der Waals surface area (Å²) in [6, 6.07) is 0.315. The van der Waals surface area contributed by atoms with E-state index in [9.17, 15) is 13.2 Å². The van der Waals surface area contributed by atoms with Crippen molar-refractivity contribution in [1.29, 1.82) is 0 Å². The summed E-state index contributed by atoms with van der Waals surface area (Å²) in [6.45, 7) is -1.51. The molecular weight excluding hydrogens is 209 g/mol. The van der Waals surface area contributed by atoms with E-state index in [0.29, 0.717) is 6.04 Å². The molecule has 0 fully saturated rings. The van der Waals surface area contributed by atoms with Crippen LogP contribution in [0.4, 0.5) is 13.2 Å². The number of hydroxylamine groups is 2. The number of rotatable bonds is 3. The minimum absolute atomic E-state index is 0.315. The smallest absolute Gasteiger partial charge is 0.277 e. The molecule has 0 aromatic rings. The zero-order valence-corrected chi connectivity index (χ0v) is 8.74. The third-order valence-corrected chi connectivity index (χ3v) is 1.68. The molecule has 1 aliphatic heterocycles. The van der Waals surface area contributed by atoms with Gasteiger partial charge < -0.3 is 0 Å². The summed E-state index contributed by atoms with van der Waals surface area (Å²) >= 11 is 0. The van der Waals surface area contributed by atoms with Gasteiger partial charge in [-0.05, 0) is 6.42 Å². The fourth-order valence-corrected chi connectivity index (χ4v) is 1.12.